The van der Waals surface area contributed by atoms with E-state index < -0.39 is 0 Å². The summed E-state index contributed by atoms with van der Waals surface area (Å²) >= 11 is 0. The summed E-state index contributed by atoms with van der Waals surface area (Å²) in [6.07, 6.45) is 0. The van der Waals surface area contributed by atoms with Gasteiger partial charge in [0.1, 0.15) is 0 Å². The van der Waals surface area contributed by atoms with Gasteiger partial charge in [-0.2, -0.15) is 0 Å². The van der Waals surface area contributed by atoms with Crippen LogP contribution in [0.4, 0.5) is 0 Å². The molecule has 1 N–H and O–H groups in total. The second kappa shape index (κ2) is 4.59. The van der Waals surface area contributed by atoms with Crippen LogP contribution in [0.15, 0.2) is 33.9 Å². The second-order valence-electron chi connectivity index (χ2n) is 2.84. The maximum absolute atomic E-state index is 11.3. The van der Waals surface area contributed by atoms with E-state index in [1.807, 2.05) is 13.8 Å². The van der Waals surface area contributed by atoms with Crippen LogP contribution in [-0.4, -0.2) is 9.55 Å². The molecule has 0 aliphatic heterocycles. The Balaban J connectivity index is 0.000000531. The number of nitrogens with zero attached hydrogens (tertiary/aromatic N) is 1. The molecule has 80 valence electrons. The molecule has 4 nitrogen and oxygen atoms in total. The van der Waals surface area contributed by atoms with Gasteiger partial charge in [-0.05, 0) is 12.1 Å². The fourth-order valence-corrected chi connectivity index (χ4v) is 1.32. The van der Waals surface area contributed by atoms with E-state index in [9.17, 15) is 9.59 Å². The highest BCUT2D eigenvalue weighted by Gasteiger charge is 2.01. The highest BCUT2D eigenvalue weighted by atomic mass is 16.2. The molecule has 0 radical (unpaired) electrons. The number of aryl methyl sites for hydroxylation is 1. The van der Waals surface area contributed by atoms with E-state index in [1.54, 1.807) is 31.3 Å². The van der Waals surface area contributed by atoms with Crippen molar-refractivity contribution in [1.29, 1.82) is 0 Å². The summed E-state index contributed by atoms with van der Waals surface area (Å²) < 4.78 is 1.41. The van der Waals surface area contributed by atoms with Gasteiger partial charge in [-0.15, -0.1) is 0 Å². The van der Waals surface area contributed by atoms with E-state index in [0.29, 0.717) is 10.9 Å². The minimum Gasteiger partial charge on any atom is -0.296 e. The molecule has 0 amide bonds. The maximum Gasteiger partial charge on any atom is 0.328 e. The molecule has 0 unspecified atom stereocenters. The molecular weight excluding hydrogens is 192 g/mol. The lowest BCUT2D eigenvalue weighted by atomic mass is 10.2. The van der Waals surface area contributed by atoms with Crippen molar-refractivity contribution >= 4 is 10.9 Å². The first kappa shape index (κ1) is 11.2. The maximum atomic E-state index is 11.3. The van der Waals surface area contributed by atoms with Crippen LogP contribution < -0.4 is 11.2 Å². The predicted molar refractivity (Wildman–Crippen MR) is 61.2 cm³/mol. The molecule has 0 aliphatic carbocycles. The Labute approximate surface area is 87.2 Å². The first-order valence-electron chi connectivity index (χ1n) is 4.88. The molecule has 0 aliphatic rings. The van der Waals surface area contributed by atoms with Gasteiger partial charge in [0.2, 0.25) is 0 Å². The van der Waals surface area contributed by atoms with Crippen LogP contribution in [0, 0.1) is 0 Å². The van der Waals surface area contributed by atoms with Gasteiger partial charge in [-0.3, -0.25) is 14.3 Å². The van der Waals surface area contributed by atoms with Gasteiger partial charge in [0, 0.05) is 7.05 Å². The predicted octanol–water partition coefficient (Wildman–Crippen LogP) is 1.25. The highest BCUT2D eigenvalue weighted by molar-refractivity contribution is 5.77. The van der Waals surface area contributed by atoms with Gasteiger partial charge < -0.3 is 0 Å². The first-order chi connectivity index (χ1) is 7.20. The van der Waals surface area contributed by atoms with Crippen LogP contribution in [0.1, 0.15) is 13.8 Å². The average Bonchev–Trinajstić information content (AvgIpc) is 2.29. The van der Waals surface area contributed by atoms with Gasteiger partial charge in [0.25, 0.3) is 5.56 Å². The number of H-pyrrole nitrogens is 1. The number of hydrogen-bond donors (Lipinski definition) is 1. The summed E-state index contributed by atoms with van der Waals surface area (Å²) in [5.74, 6) is 0. The van der Waals surface area contributed by atoms with Crippen LogP contribution >= 0.6 is 0 Å². The van der Waals surface area contributed by atoms with Crippen molar-refractivity contribution in [1.82, 2.24) is 9.55 Å². The highest BCUT2D eigenvalue weighted by Crippen LogP contribution is 2.03. The molecule has 0 fully saturated rings. The SMILES string of the molecule is CC.Cn1c(=O)[nH]c(=O)c2ccccc21. The van der Waals surface area contributed by atoms with Gasteiger partial charge in [0.05, 0.1) is 10.9 Å². The van der Waals surface area contributed by atoms with E-state index in [-0.39, 0.29) is 11.2 Å². The van der Waals surface area contributed by atoms with Crippen LogP contribution in [0.25, 0.3) is 10.9 Å². The molecule has 4 heteroatoms. The zero-order chi connectivity index (χ0) is 11.4. The molecule has 0 saturated heterocycles. The molecule has 1 aromatic carbocycles. The van der Waals surface area contributed by atoms with Crippen molar-refractivity contribution in [2.75, 3.05) is 0 Å². The van der Waals surface area contributed by atoms with Crippen molar-refractivity contribution < 1.29 is 0 Å². The lowest BCUT2D eigenvalue weighted by Crippen LogP contribution is -2.28. The smallest absolute Gasteiger partial charge is 0.296 e. The number of aromatic amines is 1. The third-order valence-corrected chi connectivity index (χ3v) is 2.04. The Morgan fingerprint density at radius 2 is 1.73 bits per heavy atom. The van der Waals surface area contributed by atoms with Crippen molar-refractivity contribution in [2.24, 2.45) is 7.05 Å². The summed E-state index contributed by atoms with van der Waals surface area (Å²) in [6.45, 7) is 4.00. The van der Waals surface area contributed by atoms with Gasteiger partial charge in [-0.25, -0.2) is 4.79 Å². The largest absolute Gasteiger partial charge is 0.328 e. The quantitative estimate of drug-likeness (QED) is 0.705. The molecule has 15 heavy (non-hydrogen) atoms. The average molecular weight is 206 g/mol. The molecule has 2 rings (SSSR count). The Hall–Kier alpha value is -1.84. The van der Waals surface area contributed by atoms with E-state index in [2.05, 4.69) is 4.98 Å². The third-order valence-electron chi connectivity index (χ3n) is 2.04. The fourth-order valence-electron chi connectivity index (χ4n) is 1.32. The lowest BCUT2D eigenvalue weighted by Gasteiger charge is -2.01. The molecule has 1 heterocycles. The van der Waals surface area contributed by atoms with E-state index >= 15 is 0 Å². The van der Waals surface area contributed by atoms with Crippen molar-refractivity contribution in [2.45, 2.75) is 13.8 Å². The monoisotopic (exact) mass is 206 g/mol. The summed E-state index contributed by atoms with van der Waals surface area (Å²) in [6, 6.07) is 6.99. The molecule has 0 saturated carbocycles. The van der Waals surface area contributed by atoms with E-state index in [1.165, 1.54) is 4.57 Å². The topological polar surface area (TPSA) is 54.9 Å². The lowest BCUT2D eigenvalue weighted by molar-refractivity contribution is 0.843. The molecule has 1 aromatic heterocycles. The summed E-state index contributed by atoms with van der Waals surface area (Å²) in [4.78, 5) is 24.7. The van der Waals surface area contributed by atoms with E-state index in [4.69, 9.17) is 0 Å². The fraction of sp³-hybridized carbons (Fsp3) is 0.273. The zero-order valence-corrected chi connectivity index (χ0v) is 9.07. The second-order valence-corrected chi connectivity index (χ2v) is 2.84. The summed E-state index contributed by atoms with van der Waals surface area (Å²) in [5, 5.41) is 0.532. The number of aromatic nitrogens is 2. The summed E-state index contributed by atoms with van der Waals surface area (Å²) in [5.41, 5.74) is -0.0707. The zero-order valence-electron chi connectivity index (χ0n) is 9.07. The first-order valence-corrected chi connectivity index (χ1v) is 4.88. The van der Waals surface area contributed by atoms with Gasteiger partial charge >= 0.3 is 5.69 Å². The number of rotatable bonds is 0. The Morgan fingerprint density at radius 1 is 1.13 bits per heavy atom. The molecular formula is C11H14N2O2. The molecule has 2 aromatic rings. The molecule has 0 bridgehead atoms. The standard InChI is InChI=1S/C9H8N2O2.C2H6/c1-11-7-5-3-2-4-6(7)8(12)10-9(11)13;1-2/h2-5H,1H3,(H,10,12,13);1-2H3. The number of fused-ring (bicyclic) bond motifs is 1. The van der Waals surface area contributed by atoms with Crippen LogP contribution in [0.3, 0.4) is 0 Å². The van der Waals surface area contributed by atoms with Crippen molar-refractivity contribution in [3.8, 4) is 0 Å². The number of para-hydroxylation sites is 1. The Kier molecular flexibility index (Phi) is 3.44. The van der Waals surface area contributed by atoms with E-state index in [0.717, 1.165) is 0 Å². The van der Waals surface area contributed by atoms with Crippen LogP contribution in [0.2, 0.25) is 0 Å². The van der Waals surface area contributed by atoms with Crippen molar-refractivity contribution in [3.05, 3.63) is 45.1 Å². The number of benzene rings is 1. The minimum atomic E-state index is -0.385. The number of nitrogens with one attached hydrogen (secondary N) is 1. The Morgan fingerprint density at radius 3 is 2.40 bits per heavy atom. The normalized spacial score (nSPS) is 9.53. The molecule has 0 spiro atoms. The summed E-state index contributed by atoms with van der Waals surface area (Å²) in [7, 11) is 1.63. The van der Waals surface area contributed by atoms with Gasteiger partial charge in [-0.1, -0.05) is 26.0 Å². The van der Waals surface area contributed by atoms with Crippen LogP contribution in [-0.2, 0) is 7.05 Å². The third kappa shape index (κ3) is 1.98. The van der Waals surface area contributed by atoms with Crippen molar-refractivity contribution in [3.63, 3.8) is 0 Å². The molecule has 0 atom stereocenters. The Bertz CT molecular complexity index is 567. The van der Waals surface area contributed by atoms with Gasteiger partial charge in [0.15, 0.2) is 0 Å². The number of hydrogen-bond acceptors (Lipinski definition) is 2. The minimum absolute atomic E-state index is 0.335. The van der Waals surface area contributed by atoms with Crippen LogP contribution in [0.5, 0.6) is 0 Å².